The number of fused-ring (bicyclic) bond motifs is 1. The number of carboxylic acids is 1. The van der Waals surface area contributed by atoms with Crippen LogP contribution in [0, 0.1) is 23.3 Å². The molecule has 28 heavy (non-hydrogen) atoms. The van der Waals surface area contributed by atoms with Crippen LogP contribution in [-0.4, -0.2) is 21.6 Å². The molecule has 1 aromatic heterocycles. The van der Waals surface area contributed by atoms with Crippen molar-refractivity contribution in [3.63, 3.8) is 0 Å². The van der Waals surface area contributed by atoms with E-state index in [2.05, 4.69) is 4.99 Å². The lowest BCUT2D eigenvalue weighted by molar-refractivity contribution is -0.140. The Morgan fingerprint density at radius 1 is 1.07 bits per heavy atom. The molecule has 10 heteroatoms. The number of carbonyl (C=O) groups is 2. The van der Waals surface area contributed by atoms with Crippen LogP contribution in [0.5, 0.6) is 0 Å². The fourth-order valence-corrected chi connectivity index (χ4v) is 3.74. The van der Waals surface area contributed by atoms with Gasteiger partial charge >= 0.3 is 5.97 Å². The van der Waals surface area contributed by atoms with E-state index in [0.29, 0.717) is 6.07 Å². The number of amides is 1. The lowest BCUT2D eigenvalue weighted by Gasteiger charge is -2.13. The van der Waals surface area contributed by atoms with E-state index < -0.39 is 41.2 Å². The van der Waals surface area contributed by atoms with Crippen molar-refractivity contribution >= 4 is 33.4 Å². The molecule has 1 amide bonds. The summed E-state index contributed by atoms with van der Waals surface area (Å²) >= 11 is 0.776. The Balaban J connectivity index is 2.26. The number of carbonyl (C=O) groups excluding carboxylic acids is 1. The Kier molecular flexibility index (Phi) is 5.32. The highest BCUT2D eigenvalue weighted by molar-refractivity contribution is 7.16. The lowest BCUT2D eigenvalue weighted by atomic mass is 10.2. The molecule has 0 aliphatic heterocycles. The molecular formula is C18H12F4N2O3S. The summed E-state index contributed by atoms with van der Waals surface area (Å²) in [4.78, 5) is 27.6. The summed E-state index contributed by atoms with van der Waals surface area (Å²) in [6.45, 7) is 1.57. The van der Waals surface area contributed by atoms with E-state index in [4.69, 9.17) is 0 Å². The van der Waals surface area contributed by atoms with Gasteiger partial charge in [-0.3, -0.25) is 4.79 Å². The van der Waals surface area contributed by atoms with Gasteiger partial charge < -0.3 is 9.67 Å². The number of hydrogen-bond donors (Lipinski definition) is 1. The van der Waals surface area contributed by atoms with Crippen molar-refractivity contribution < 1.29 is 32.3 Å². The van der Waals surface area contributed by atoms with Crippen molar-refractivity contribution in [1.82, 2.24) is 4.57 Å². The highest BCUT2D eigenvalue weighted by Crippen LogP contribution is 2.25. The summed E-state index contributed by atoms with van der Waals surface area (Å²) in [6, 6.07) is 2.95. The minimum atomic E-state index is -1.26. The number of rotatable bonds is 4. The number of benzene rings is 2. The molecule has 3 rings (SSSR count). The van der Waals surface area contributed by atoms with Gasteiger partial charge in [0.05, 0.1) is 10.2 Å². The fraction of sp³-hybridized carbons (Fsp3) is 0.167. The molecule has 3 aromatic rings. The van der Waals surface area contributed by atoms with E-state index in [0.717, 1.165) is 40.2 Å². The van der Waals surface area contributed by atoms with E-state index in [1.165, 1.54) is 0 Å². The van der Waals surface area contributed by atoms with Crippen molar-refractivity contribution in [3.8, 4) is 0 Å². The molecule has 0 aliphatic rings. The predicted octanol–water partition coefficient (Wildman–Crippen LogP) is 4.04. The Bertz CT molecular complexity index is 1170. The summed E-state index contributed by atoms with van der Waals surface area (Å²) in [5.41, 5.74) is -0.210. The summed E-state index contributed by atoms with van der Waals surface area (Å²) < 4.78 is 55.0. The number of halogens is 4. The first-order valence-electron chi connectivity index (χ1n) is 8.00. The number of carboxylic acid groups (broad SMARTS) is 1. The monoisotopic (exact) mass is 412 g/mol. The van der Waals surface area contributed by atoms with Crippen molar-refractivity contribution in [2.75, 3.05) is 0 Å². The number of thiazole rings is 1. The number of hydrogen-bond acceptors (Lipinski definition) is 3. The molecule has 146 valence electrons. The van der Waals surface area contributed by atoms with E-state index in [1.54, 1.807) is 6.92 Å². The van der Waals surface area contributed by atoms with Gasteiger partial charge in [-0.2, -0.15) is 4.99 Å². The Labute approximate surface area is 159 Å². The van der Waals surface area contributed by atoms with Crippen molar-refractivity contribution in [3.05, 3.63) is 64.0 Å². The van der Waals surface area contributed by atoms with Crippen molar-refractivity contribution in [1.29, 1.82) is 0 Å². The molecule has 0 saturated carbocycles. The van der Waals surface area contributed by atoms with Crippen LogP contribution in [0.4, 0.5) is 17.6 Å². The number of nitrogens with zero attached hydrogens (tertiary/aromatic N) is 2. The third kappa shape index (κ3) is 3.55. The van der Waals surface area contributed by atoms with Gasteiger partial charge in [0.2, 0.25) is 0 Å². The summed E-state index contributed by atoms with van der Waals surface area (Å²) in [6.07, 6.45) is 0.0761. The third-order valence-electron chi connectivity index (χ3n) is 4.02. The Hall–Kier alpha value is -3.01. The molecular weight excluding hydrogens is 400 g/mol. The zero-order valence-corrected chi connectivity index (χ0v) is 15.1. The van der Waals surface area contributed by atoms with Crippen LogP contribution in [0.25, 0.3) is 10.2 Å². The van der Waals surface area contributed by atoms with E-state index in [1.807, 2.05) is 0 Å². The van der Waals surface area contributed by atoms with Gasteiger partial charge in [-0.05, 0) is 30.7 Å². The van der Waals surface area contributed by atoms with Crippen LogP contribution in [0.1, 0.15) is 29.7 Å². The maximum Gasteiger partial charge on any atom is 0.326 e. The molecule has 0 fully saturated rings. The first-order valence-corrected chi connectivity index (χ1v) is 8.81. The lowest BCUT2D eigenvalue weighted by Crippen LogP contribution is -2.27. The topological polar surface area (TPSA) is 71.7 Å². The smallest absolute Gasteiger partial charge is 0.326 e. The summed E-state index contributed by atoms with van der Waals surface area (Å²) in [5, 5.41) is 9.47. The number of aromatic nitrogens is 1. The molecule has 1 heterocycles. The van der Waals surface area contributed by atoms with Gasteiger partial charge in [-0.15, -0.1) is 0 Å². The molecule has 0 radical (unpaired) electrons. The molecule has 0 aliphatic carbocycles. The first-order chi connectivity index (χ1) is 13.2. The Morgan fingerprint density at radius 3 is 2.32 bits per heavy atom. The van der Waals surface area contributed by atoms with Crippen LogP contribution in [-0.2, 0) is 4.79 Å². The van der Waals surface area contributed by atoms with Crippen molar-refractivity contribution in [2.45, 2.75) is 19.4 Å². The maximum absolute atomic E-state index is 13.7. The normalized spacial score (nSPS) is 13.1. The molecule has 2 aromatic carbocycles. The maximum atomic E-state index is 13.7. The van der Waals surface area contributed by atoms with Gasteiger partial charge in [-0.1, -0.05) is 18.3 Å². The van der Waals surface area contributed by atoms with Crippen LogP contribution >= 0.6 is 11.3 Å². The highest BCUT2D eigenvalue weighted by atomic mass is 32.1. The zero-order valence-electron chi connectivity index (χ0n) is 14.2. The van der Waals surface area contributed by atoms with Crippen LogP contribution in [0.2, 0.25) is 0 Å². The molecule has 1 unspecified atom stereocenters. The summed E-state index contributed by atoms with van der Waals surface area (Å²) in [5.74, 6) is -6.92. The number of aliphatic carboxylic acids is 1. The second-order valence-corrected chi connectivity index (χ2v) is 6.81. The molecule has 1 N–H and O–H groups in total. The van der Waals surface area contributed by atoms with Gasteiger partial charge in [0.1, 0.15) is 6.04 Å². The molecule has 5 nitrogen and oxygen atoms in total. The van der Waals surface area contributed by atoms with Crippen LogP contribution in [0.15, 0.2) is 35.3 Å². The quantitative estimate of drug-likeness (QED) is 0.658. The second kappa shape index (κ2) is 7.55. The average molecular weight is 412 g/mol. The van der Waals surface area contributed by atoms with E-state index >= 15 is 0 Å². The van der Waals surface area contributed by atoms with Crippen molar-refractivity contribution in [2.24, 2.45) is 4.99 Å². The fourth-order valence-electron chi connectivity index (χ4n) is 2.66. The average Bonchev–Trinajstić information content (AvgIpc) is 2.95. The van der Waals surface area contributed by atoms with Crippen LogP contribution in [0.3, 0.4) is 0 Å². The first kappa shape index (κ1) is 19.7. The third-order valence-corrected chi connectivity index (χ3v) is 5.03. The highest BCUT2D eigenvalue weighted by Gasteiger charge is 2.23. The van der Waals surface area contributed by atoms with Gasteiger partial charge in [-0.25, -0.2) is 22.4 Å². The Morgan fingerprint density at radius 2 is 1.71 bits per heavy atom. The predicted molar refractivity (Wildman–Crippen MR) is 92.9 cm³/mol. The molecule has 1 atom stereocenters. The minimum absolute atomic E-state index is 0.0509. The van der Waals surface area contributed by atoms with E-state index in [-0.39, 0.29) is 27.0 Å². The zero-order chi connectivity index (χ0) is 20.6. The molecule has 0 spiro atoms. The standard InChI is InChI=1S/C18H12F4N2O3S/c1-2-13(17(26)27)24-14-6-11(21)12(22)7-15(14)28-18(24)23-16(25)8-3-4-9(19)10(20)5-8/h3-7,13H,2H2,1H3,(H,26,27)/b23-18-. The summed E-state index contributed by atoms with van der Waals surface area (Å²) in [7, 11) is 0. The van der Waals surface area contributed by atoms with Crippen LogP contribution < -0.4 is 4.80 Å². The minimum Gasteiger partial charge on any atom is -0.480 e. The van der Waals surface area contributed by atoms with Gasteiger partial charge in [0, 0.05) is 11.6 Å². The molecule has 0 bridgehead atoms. The van der Waals surface area contributed by atoms with Gasteiger partial charge in [0.15, 0.2) is 28.1 Å². The largest absolute Gasteiger partial charge is 0.480 e. The second-order valence-electron chi connectivity index (χ2n) is 5.80. The van der Waals surface area contributed by atoms with Gasteiger partial charge in [0.25, 0.3) is 5.91 Å². The van der Waals surface area contributed by atoms with E-state index in [9.17, 15) is 32.3 Å². The molecule has 0 saturated heterocycles. The SMILES string of the molecule is CCC(C(=O)O)n1/c(=N/C(=O)c2ccc(F)c(F)c2)sc2cc(F)c(F)cc21.